The molecule has 0 spiro atoms. The van der Waals surface area contributed by atoms with Crippen LogP contribution in [0.4, 0.5) is 4.39 Å². The highest BCUT2D eigenvalue weighted by molar-refractivity contribution is 5.28. The van der Waals surface area contributed by atoms with Crippen LogP contribution < -0.4 is 5.32 Å². The molecule has 0 heterocycles. The van der Waals surface area contributed by atoms with Gasteiger partial charge in [0.05, 0.1) is 0 Å². The van der Waals surface area contributed by atoms with Crippen molar-refractivity contribution in [1.82, 2.24) is 5.32 Å². The average molecular weight is 255 g/mol. The molecule has 2 aromatic rings. The van der Waals surface area contributed by atoms with Gasteiger partial charge in [0.2, 0.25) is 0 Å². The Hall–Kier alpha value is -1.67. The van der Waals surface area contributed by atoms with Gasteiger partial charge in [0.25, 0.3) is 0 Å². The second-order valence-electron chi connectivity index (χ2n) is 5.30. The monoisotopic (exact) mass is 255 g/mol. The first-order valence-electron chi connectivity index (χ1n) is 6.80. The summed E-state index contributed by atoms with van der Waals surface area (Å²) in [4.78, 5) is 0. The van der Waals surface area contributed by atoms with Crippen molar-refractivity contribution in [3.8, 4) is 0 Å². The van der Waals surface area contributed by atoms with Gasteiger partial charge in [-0.25, -0.2) is 4.39 Å². The highest BCUT2D eigenvalue weighted by Gasteiger charge is 2.38. The lowest BCUT2D eigenvalue weighted by Crippen LogP contribution is -2.22. The molecule has 3 rings (SSSR count). The predicted octanol–water partition coefficient (Wildman–Crippen LogP) is 4.03. The average Bonchev–Trinajstić information content (AvgIpc) is 3.20. The third-order valence-corrected chi connectivity index (χ3v) is 3.85. The maximum atomic E-state index is 12.9. The zero-order valence-electron chi connectivity index (χ0n) is 11.0. The minimum absolute atomic E-state index is 0.176. The Kier molecular flexibility index (Phi) is 3.34. The molecule has 2 heteroatoms. The number of nitrogens with one attached hydrogen (secondary N) is 1. The van der Waals surface area contributed by atoms with E-state index >= 15 is 0 Å². The summed E-state index contributed by atoms with van der Waals surface area (Å²) in [7, 11) is 0. The molecule has 0 radical (unpaired) electrons. The summed E-state index contributed by atoms with van der Waals surface area (Å²) >= 11 is 0. The summed E-state index contributed by atoms with van der Waals surface area (Å²) in [5.74, 6) is 0.452. The predicted molar refractivity (Wildman–Crippen MR) is 75.5 cm³/mol. The number of rotatable bonds is 4. The maximum absolute atomic E-state index is 12.9. The standard InChI is InChI=1S/C17H18FN/c1-12(13-7-9-15(18)10-8-13)19-17-11-16(17)14-5-3-2-4-6-14/h2-10,12,16-17,19H,11H2,1H3. The van der Waals surface area contributed by atoms with Crippen LogP contribution in [0.25, 0.3) is 0 Å². The SMILES string of the molecule is CC(NC1CC1c1ccccc1)c1ccc(F)cc1. The lowest BCUT2D eigenvalue weighted by Gasteiger charge is -2.14. The molecule has 1 aliphatic rings. The van der Waals surface area contributed by atoms with Gasteiger partial charge in [-0.2, -0.15) is 0 Å². The third kappa shape index (κ3) is 2.85. The van der Waals surface area contributed by atoms with Crippen molar-refractivity contribution >= 4 is 0 Å². The normalized spacial score (nSPS) is 23.1. The summed E-state index contributed by atoms with van der Waals surface area (Å²) < 4.78 is 12.9. The zero-order valence-corrected chi connectivity index (χ0v) is 11.0. The van der Waals surface area contributed by atoms with Crippen molar-refractivity contribution < 1.29 is 4.39 Å². The first-order valence-corrected chi connectivity index (χ1v) is 6.80. The van der Waals surface area contributed by atoms with Crippen LogP contribution in [0.15, 0.2) is 54.6 Å². The van der Waals surface area contributed by atoms with Crippen molar-refractivity contribution in [3.05, 3.63) is 71.5 Å². The van der Waals surface area contributed by atoms with Crippen LogP contribution in [0.3, 0.4) is 0 Å². The second-order valence-corrected chi connectivity index (χ2v) is 5.30. The highest BCUT2D eigenvalue weighted by Crippen LogP contribution is 2.41. The molecule has 3 atom stereocenters. The fourth-order valence-electron chi connectivity index (χ4n) is 2.62. The first kappa shape index (κ1) is 12.4. The zero-order chi connectivity index (χ0) is 13.2. The fourth-order valence-corrected chi connectivity index (χ4v) is 2.62. The van der Waals surface area contributed by atoms with Crippen molar-refractivity contribution in [2.75, 3.05) is 0 Å². The Bertz CT molecular complexity index is 535. The lowest BCUT2D eigenvalue weighted by molar-refractivity contribution is 0.560. The molecule has 2 aromatic carbocycles. The van der Waals surface area contributed by atoms with Gasteiger partial charge in [0.15, 0.2) is 0 Å². The van der Waals surface area contributed by atoms with Crippen LogP contribution in [0.1, 0.15) is 36.4 Å². The topological polar surface area (TPSA) is 12.0 Å². The van der Waals surface area contributed by atoms with Gasteiger partial charge in [0.1, 0.15) is 5.82 Å². The van der Waals surface area contributed by atoms with Crippen LogP contribution >= 0.6 is 0 Å². The Labute approximate surface area is 113 Å². The summed E-state index contributed by atoms with van der Waals surface area (Å²) in [6.45, 7) is 2.13. The molecule has 19 heavy (non-hydrogen) atoms. The van der Waals surface area contributed by atoms with Crippen LogP contribution in [0.2, 0.25) is 0 Å². The van der Waals surface area contributed by atoms with Gasteiger partial charge in [-0.1, -0.05) is 42.5 Å². The summed E-state index contributed by atoms with van der Waals surface area (Å²) in [6.07, 6.45) is 1.19. The van der Waals surface area contributed by atoms with Gasteiger partial charge in [0, 0.05) is 18.0 Å². The van der Waals surface area contributed by atoms with Gasteiger partial charge < -0.3 is 5.32 Å². The van der Waals surface area contributed by atoms with Gasteiger partial charge in [-0.15, -0.1) is 0 Å². The van der Waals surface area contributed by atoms with E-state index in [1.165, 1.54) is 24.1 Å². The summed E-state index contributed by atoms with van der Waals surface area (Å²) in [5, 5.41) is 3.62. The molecular weight excluding hydrogens is 237 g/mol. The smallest absolute Gasteiger partial charge is 0.123 e. The summed E-state index contributed by atoms with van der Waals surface area (Å²) in [6, 6.07) is 18.2. The van der Waals surface area contributed by atoms with E-state index in [-0.39, 0.29) is 11.9 Å². The van der Waals surface area contributed by atoms with E-state index in [1.807, 2.05) is 12.1 Å². The Morgan fingerprint density at radius 2 is 1.74 bits per heavy atom. The molecule has 0 aliphatic heterocycles. The van der Waals surface area contributed by atoms with Gasteiger partial charge in [-0.3, -0.25) is 0 Å². The first-order chi connectivity index (χ1) is 9.24. The number of hydrogen-bond acceptors (Lipinski definition) is 1. The molecule has 1 N–H and O–H groups in total. The second kappa shape index (κ2) is 5.14. The quantitative estimate of drug-likeness (QED) is 0.869. The van der Waals surface area contributed by atoms with E-state index in [0.717, 1.165) is 5.56 Å². The van der Waals surface area contributed by atoms with Gasteiger partial charge in [-0.05, 0) is 36.6 Å². The molecular formula is C17H18FN. The molecule has 0 saturated heterocycles. The summed E-state index contributed by atoms with van der Waals surface area (Å²) in [5.41, 5.74) is 2.55. The van der Waals surface area contributed by atoms with E-state index in [0.29, 0.717) is 12.0 Å². The maximum Gasteiger partial charge on any atom is 0.123 e. The Balaban J connectivity index is 1.60. The number of benzene rings is 2. The Morgan fingerprint density at radius 1 is 1.05 bits per heavy atom. The van der Waals surface area contributed by atoms with Crippen LogP contribution in [0.5, 0.6) is 0 Å². The molecule has 0 bridgehead atoms. The largest absolute Gasteiger partial charge is 0.307 e. The van der Waals surface area contributed by atoms with E-state index in [4.69, 9.17) is 0 Å². The van der Waals surface area contributed by atoms with Crippen molar-refractivity contribution in [2.45, 2.75) is 31.3 Å². The van der Waals surface area contributed by atoms with Gasteiger partial charge >= 0.3 is 0 Å². The van der Waals surface area contributed by atoms with Crippen LogP contribution in [-0.4, -0.2) is 6.04 Å². The van der Waals surface area contributed by atoms with E-state index in [1.54, 1.807) is 0 Å². The molecule has 0 aromatic heterocycles. The van der Waals surface area contributed by atoms with Crippen molar-refractivity contribution in [2.24, 2.45) is 0 Å². The number of hydrogen-bond donors (Lipinski definition) is 1. The molecule has 1 nitrogen and oxygen atoms in total. The Morgan fingerprint density at radius 3 is 2.42 bits per heavy atom. The minimum Gasteiger partial charge on any atom is -0.307 e. The number of halogens is 1. The fraction of sp³-hybridized carbons (Fsp3) is 0.294. The molecule has 98 valence electrons. The van der Waals surface area contributed by atoms with E-state index < -0.39 is 0 Å². The molecule has 1 aliphatic carbocycles. The minimum atomic E-state index is -0.176. The molecule has 0 amide bonds. The van der Waals surface area contributed by atoms with E-state index in [2.05, 4.69) is 42.6 Å². The van der Waals surface area contributed by atoms with E-state index in [9.17, 15) is 4.39 Å². The molecule has 1 fully saturated rings. The third-order valence-electron chi connectivity index (χ3n) is 3.85. The highest BCUT2D eigenvalue weighted by atomic mass is 19.1. The van der Waals surface area contributed by atoms with Crippen molar-refractivity contribution in [1.29, 1.82) is 0 Å². The van der Waals surface area contributed by atoms with Crippen molar-refractivity contribution in [3.63, 3.8) is 0 Å². The van der Waals surface area contributed by atoms with Crippen LogP contribution in [0, 0.1) is 5.82 Å². The molecule has 3 unspecified atom stereocenters. The molecule has 1 saturated carbocycles. The lowest BCUT2D eigenvalue weighted by atomic mass is 10.1. The van der Waals surface area contributed by atoms with Crippen LogP contribution in [-0.2, 0) is 0 Å².